The van der Waals surface area contributed by atoms with Gasteiger partial charge in [-0.3, -0.25) is 13.9 Å². The van der Waals surface area contributed by atoms with Crippen LogP contribution in [0.1, 0.15) is 55.9 Å². The fraction of sp³-hybridized carbons (Fsp3) is 0.481. The monoisotopic (exact) mass is 501 g/mol. The van der Waals surface area contributed by atoms with Crippen LogP contribution in [-0.2, 0) is 26.2 Å². The molecule has 8 heteroatoms. The molecule has 0 spiro atoms. The van der Waals surface area contributed by atoms with E-state index in [1.165, 1.54) is 4.90 Å². The van der Waals surface area contributed by atoms with Crippen LogP contribution >= 0.6 is 0 Å². The zero-order valence-corrected chi connectivity index (χ0v) is 22.8. The van der Waals surface area contributed by atoms with E-state index in [9.17, 15) is 18.0 Å². The molecule has 0 aromatic heterocycles. The summed E-state index contributed by atoms with van der Waals surface area (Å²) in [5.74, 6) is -0.667. The molecule has 2 atom stereocenters. The first-order chi connectivity index (χ1) is 16.4. The summed E-state index contributed by atoms with van der Waals surface area (Å²) in [4.78, 5) is 28.3. The Morgan fingerprint density at radius 3 is 2.09 bits per heavy atom. The Hall–Kier alpha value is -2.87. The van der Waals surface area contributed by atoms with Gasteiger partial charge in [-0.15, -0.1) is 0 Å². The molecule has 0 bridgehead atoms. The lowest BCUT2D eigenvalue weighted by atomic mass is 10.1. The Kier molecular flexibility index (Phi) is 9.89. The third-order valence-corrected chi connectivity index (χ3v) is 7.46. The van der Waals surface area contributed by atoms with Crippen LogP contribution in [0.4, 0.5) is 5.69 Å². The van der Waals surface area contributed by atoms with E-state index in [4.69, 9.17) is 0 Å². The number of hydrogen-bond donors (Lipinski definition) is 1. The summed E-state index contributed by atoms with van der Waals surface area (Å²) < 4.78 is 26.5. The highest BCUT2D eigenvalue weighted by Crippen LogP contribution is 2.22. The number of carbonyl (C=O) groups excluding carboxylic acids is 2. The Balaban J connectivity index is 2.45. The third kappa shape index (κ3) is 7.82. The number of amides is 2. The van der Waals surface area contributed by atoms with Gasteiger partial charge in [-0.05, 0) is 69.4 Å². The molecule has 0 fully saturated rings. The topological polar surface area (TPSA) is 86.8 Å². The maximum Gasteiger partial charge on any atom is 0.244 e. The van der Waals surface area contributed by atoms with E-state index in [1.54, 1.807) is 12.1 Å². The average molecular weight is 502 g/mol. The van der Waals surface area contributed by atoms with Crippen LogP contribution in [0.15, 0.2) is 42.5 Å². The second-order valence-electron chi connectivity index (χ2n) is 9.29. The second kappa shape index (κ2) is 12.2. The predicted molar refractivity (Wildman–Crippen MR) is 142 cm³/mol. The highest BCUT2D eigenvalue weighted by Gasteiger charge is 2.32. The molecule has 2 rings (SSSR count). The quantitative estimate of drug-likeness (QED) is 0.502. The normalized spacial score (nSPS) is 13.1. The minimum absolute atomic E-state index is 0.0315. The van der Waals surface area contributed by atoms with Crippen molar-refractivity contribution in [2.75, 3.05) is 17.1 Å². The van der Waals surface area contributed by atoms with Crippen LogP contribution in [0.25, 0.3) is 0 Å². The number of nitrogens with zero attached hydrogens (tertiary/aromatic N) is 2. The summed E-state index contributed by atoms with van der Waals surface area (Å²) in [5, 5.41) is 2.98. The molecule has 2 aromatic rings. The van der Waals surface area contributed by atoms with Crippen LogP contribution in [0, 0.1) is 20.8 Å². The van der Waals surface area contributed by atoms with E-state index < -0.39 is 22.0 Å². The SMILES string of the molecule is CC[C@@H](C)NC(=O)[C@@H](CC)N(Cc1ccc(C)cc1)C(=O)CN(c1ccc(C)c(C)c1)S(C)(=O)=O. The summed E-state index contributed by atoms with van der Waals surface area (Å²) in [6, 6.07) is 12.3. The van der Waals surface area contributed by atoms with Crippen LogP contribution in [0.5, 0.6) is 0 Å². The fourth-order valence-electron chi connectivity index (χ4n) is 3.75. The van der Waals surface area contributed by atoms with Gasteiger partial charge in [-0.25, -0.2) is 8.42 Å². The van der Waals surface area contributed by atoms with E-state index in [0.29, 0.717) is 12.1 Å². The second-order valence-corrected chi connectivity index (χ2v) is 11.2. The van der Waals surface area contributed by atoms with E-state index in [0.717, 1.165) is 39.2 Å². The number of hydrogen-bond acceptors (Lipinski definition) is 4. The van der Waals surface area contributed by atoms with Gasteiger partial charge in [0.2, 0.25) is 21.8 Å². The van der Waals surface area contributed by atoms with Gasteiger partial charge in [-0.1, -0.05) is 49.7 Å². The van der Waals surface area contributed by atoms with Crippen molar-refractivity contribution in [2.45, 2.75) is 73.0 Å². The zero-order chi connectivity index (χ0) is 26.3. The standard InChI is InChI=1S/C27H39N3O4S/c1-8-22(6)28-27(32)25(9-2)29(17-23-13-10-19(3)11-14-23)26(31)18-30(35(7,33)34)24-15-12-20(4)21(5)16-24/h10-16,22,25H,8-9,17-18H2,1-7H3,(H,28,32)/t22-,25-/m1/s1. The van der Waals surface area contributed by atoms with Crippen molar-refractivity contribution in [3.63, 3.8) is 0 Å². The first kappa shape index (κ1) is 28.4. The van der Waals surface area contributed by atoms with Gasteiger partial charge >= 0.3 is 0 Å². The van der Waals surface area contributed by atoms with Crippen molar-refractivity contribution < 1.29 is 18.0 Å². The number of aryl methyl sites for hydroxylation is 3. The third-order valence-electron chi connectivity index (χ3n) is 6.32. The highest BCUT2D eigenvalue weighted by molar-refractivity contribution is 7.92. The average Bonchev–Trinajstić information content (AvgIpc) is 2.79. The minimum Gasteiger partial charge on any atom is -0.352 e. The molecular weight excluding hydrogens is 462 g/mol. The van der Waals surface area contributed by atoms with Crippen molar-refractivity contribution in [3.05, 3.63) is 64.7 Å². The van der Waals surface area contributed by atoms with Gasteiger partial charge in [0.15, 0.2) is 0 Å². The molecule has 0 saturated carbocycles. The molecule has 2 amide bonds. The molecule has 0 aliphatic carbocycles. The van der Waals surface area contributed by atoms with Gasteiger partial charge in [0, 0.05) is 12.6 Å². The molecule has 0 saturated heterocycles. The van der Waals surface area contributed by atoms with Gasteiger partial charge < -0.3 is 10.2 Å². The first-order valence-electron chi connectivity index (χ1n) is 12.1. The molecule has 0 aliphatic rings. The lowest BCUT2D eigenvalue weighted by Crippen LogP contribution is -2.53. The van der Waals surface area contributed by atoms with Gasteiger partial charge in [0.05, 0.1) is 11.9 Å². The summed E-state index contributed by atoms with van der Waals surface area (Å²) in [6.07, 6.45) is 2.26. The summed E-state index contributed by atoms with van der Waals surface area (Å²) in [7, 11) is -3.74. The van der Waals surface area contributed by atoms with Crippen molar-refractivity contribution in [2.24, 2.45) is 0 Å². The molecular formula is C27H39N3O4S. The van der Waals surface area contributed by atoms with Gasteiger partial charge in [0.1, 0.15) is 12.6 Å². The summed E-state index contributed by atoms with van der Waals surface area (Å²) >= 11 is 0. The van der Waals surface area contributed by atoms with Crippen molar-refractivity contribution in [3.8, 4) is 0 Å². The number of anilines is 1. The fourth-order valence-corrected chi connectivity index (χ4v) is 4.59. The van der Waals surface area contributed by atoms with Gasteiger partial charge in [0.25, 0.3) is 0 Å². The Bertz CT molecular complexity index is 1130. The van der Waals surface area contributed by atoms with Crippen LogP contribution in [0.3, 0.4) is 0 Å². The van der Waals surface area contributed by atoms with Crippen molar-refractivity contribution in [1.82, 2.24) is 10.2 Å². The summed E-state index contributed by atoms with van der Waals surface area (Å²) in [5.41, 5.74) is 4.35. The minimum atomic E-state index is -3.74. The van der Waals surface area contributed by atoms with E-state index in [2.05, 4.69) is 5.32 Å². The maximum atomic E-state index is 13.7. The van der Waals surface area contributed by atoms with Gasteiger partial charge in [-0.2, -0.15) is 0 Å². The first-order valence-corrected chi connectivity index (χ1v) is 13.9. The largest absolute Gasteiger partial charge is 0.352 e. The maximum absolute atomic E-state index is 13.7. The van der Waals surface area contributed by atoms with Crippen molar-refractivity contribution >= 4 is 27.5 Å². The Morgan fingerprint density at radius 1 is 0.943 bits per heavy atom. The number of sulfonamides is 1. The lowest BCUT2D eigenvalue weighted by molar-refractivity contribution is -0.140. The molecule has 0 unspecified atom stereocenters. The molecule has 0 heterocycles. The number of rotatable bonds is 11. The number of carbonyl (C=O) groups is 2. The van der Waals surface area contributed by atoms with Crippen LogP contribution in [-0.4, -0.2) is 50.0 Å². The summed E-state index contributed by atoms with van der Waals surface area (Å²) in [6.45, 7) is 11.4. The molecule has 2 aromatic carbocycles. The van der Waals surface area contributed by atoms with E-state index in [1.807, 2.05) is 71.9 Å². The number of benzene rings is 2. The zero-order valence-electron chi connectivity index (χ0n) is 22.0. The Labute approximate surface area is 210 Å². The Morgan fingerprint density at radius 2 is 1.57 bits per heavy atom. The van der Waals surface area contributed by atoms with Crippen LogP contribution < -0.4 is 9.62 Å². The van der Waals surface area contributed by atoms with E-state index in [-0.39, 0.29) is 25.0 Å². The molecule has 192 valence electrons. The smallest absolute Gasteiger partial charge is 0.244 e. The molecule has 7 nitrogen and oxygen atoms in total. The van der Waals surface area contributed by atoms with E-state index >= 15 is 0 Å². The molecule has 0 aliphatic heterocycles. The van der Waals surface area contributed by atoms with Crippen molar-refractivity contribution in [1.29, 1.82) is 0 Å². The number of nitrogens with one attached hydrogen (secondary N) is 1. The lowest BCUT2D eigenvalue weighted by Gasteiger charge is -2.33. The highest BCUT2D eigenvalue weighted by atomic mass is 32.2. The molecule has 35 heavy (non-hydrogen) atoms. The van der Waals surface area contributed by atoms with Crippen LogP contribution in [0.2, 0.25) is 0 Å². The molecule has 1 N–H and O–H groups in total. The molecule has 0 radical (unpaired) electrons. The predicted octanol–water partition coefficient (Wildman–Crippen LogP) is 4.10.